The smallest absolute Gasteiger partial charge is 0.256 e. The number of nitrogens with zero attached hydrogens (tertiary/aromatic N) is 1. The number of rotatable bonds is 5. The van der Waals surface area contributed by atoms with Crippen LogP contribution < -0.4 is 5.32 Å². The molecule has 1 saturated carbocycles. The van der Waals surface area contributed by atoms with Gasteiger partial charge in [-0.3, -0.25) is 4.79 Å². The topological polar surface area (TPSA) is 55.1 Å². The molecule has 1 amide bonds. The number of nitrogens with one attached hydrogen (secondary N) is 1. The van der Waals surface area contributed by atoms with Gasteiger partial charge in [0.2, 0.25) is 0 Å². The summed E-state index contributed by atoms with van der Waals surface area (Å²) in [5, 5.41) is 7.16. The van der Waals surface area contributed by atoms with Crippen LogP contribution in [-0.2, 0) is 11.8 Å². The van der Waals surface area contributed by atoms with Crippen LogP contribution in [0.15, 0.2) is 34.9 Å². The Morgan fingerprint density at radius 1 is 1.21 bits per heavy atom. The predicted octanol–water partition coefficient (Wildman–Crippen LogP) is 4.18. The number of carbonyl (C=O) groups is 1. The first kappa shape index (κ1) is 16.7. The van der Waals surface area contributed by atoms with Crippen molar-refractivity contribution in [1.29, 1.82) is 0 Å². The zero-order valence-electron chi connectivity index (χ0n) is 14.6. The van der Waals surface area contributed by atoms with E-state index in [0.29, 0.717) is 24.3 Å². The van der Waals surface area contributed by atoms with Crippen LogP contribution in [0, 0.1) is 6.92 Å². The molecule has 4 nitrogen and oxygen atoms in total. The summed E-state index contributed by atoms with van der Waals surface area (Å²) in [7, 11) is 0. The van der Waals surface area contributed by atoms with Gasteiger partial charge in [0.1, 0.15) is 11.3 Å². The van der Waals surface area contributed by atoms with Crippen LogP contribution in [0.3, 0.4) is 0 Å². The number of benzene rings is 1. The normalized spacial score (nSPS) is 16.8. The van der Waals surface area contributed by atoms with Crippen molar-refractivity contribution in [2.45, 2.75) is 57.8 Å². The van der Waals surface area contributed by atoms with Crippen molar-refractivity contribution in [1.82, 2.24) is 10.5 Å². The van der Waals surface area contributed by atoms with Crippen LogP contribution in [0.5, 0.6) is 0 Å². The molecule has 0 radical (unpaired) electrons. The Hall–Kier alpha value is -2.10. The molecular weight excluding hydrogens is 300 g/mol. The summed E-state index contributed by atoms with van der Waals surface area (Å²) in [6.07, 6.45) is 6.67. The zero-order chi connectivity index (χ0) is 17.0. The molecule has 0 aliphatic heterocycles. The molecule has 1 N–H and O–H groups in total. The molecule has 0 saturated heterocycles. The van der Waals surface area contributed by atoms with Crippen molar-refractivity contribution >= 4 is 5.91 Å². The molecule has 0 bridgehead atoms. The fourth-order valence-corrected chi connectivity index (χ4v) is 3.88. The van der Waals surface area contributed by atoms with Crippen LogP contribution in [0.1, 0.15) is 66.4 Å². The van der Waals surface area contributed by atoms with Gasteiger partial charge in [0.25, 0.3) is 5.91 Å². The first-order chi connectivity index (χ1) is 11.7. The van der Waals surface area contributed by atoms with E-state index < -0.39 is 0 Å². The number of amides is 1. The van der Waals surface area contributed by atoms with Crippen LogP contribution >= 0.6 is 0 Å². The molecule has 3 rings (SSSR count). The molecule has 1 aromatic heterocycles. The van der Waals surface area contributed by atoms with Gasteiger partial charge in [-0.1, -0.05) is 61.7 Å². The number of hydrogen-bond acceptors (Lipinski definition) is 3. The Kier molecular flexibility index (Phi) is 5.03. The van der Waals surface area contributed by atoms with E-state index in [2.05, 4.69) is 34.7 Å². The summed E-state index contributed by atoms with van der Waals surface area (Å²) in [5.74, 6) is 0.535. The minimum atomic E-state index is -0.0634. The monoisotopic (exact) mass is 326 g/mol. The Balaban J connectivity index is 1.79. The van der Waals surface area contributed by atoms with Gasteiger partial charge in [0.15, 0.2) is 0 Å². The molecule has 4 heteroatoms. The van der Waals surface area contributed by atoms with Crippen LogP contribution in [0.25, 0.3) is 0 Å². The third-order valence-electron chi connectivity index (χ3n) is 5.28. The molecule has 1 aliphatic rings. The quantitative estimate of drug-likeness (QED) is 0.897. The van der Waals surface area contributed by atoms with Crippen LogP contribution in [-0.4, -0.2) is 17.6 Å². The van der Waals surface area contributed by atoms with E-state index >= 15 is 0 Å². The minimum Gasteiger partial charge on any atom is -0.361 e. The highest BCUT2D eigenvalue weighted by Gasteiger charge is 2.34. The summed E-state index contributed by atoms with van der Waals surface area (Å²) in [5.41, 5.74) is 2.73. The Morgan fingerprint density at radius 3 is 2.58 bits per heavy atom. The summed E-state index contributed by atoms with van der Waals surface area (Å²) in [6, 6.07) is 10.6. The second-order valence-electron chi connectivity index (χ2n) is 6.80. The van der Waals surface area contributed by atoms with Gasteiger partial charge >= 0.3 is 0 Å². The summed E-state index contributed by atoms with van der Waals surface area (Å²) in [6.45, 7) is 4.46. The molecule has 1 aliphatic carbocycles. The van der Waals surface area contributed by atoms with E-state index in [1.54, 1.807) is 6.92 Å². The van der Waals surface area contributed by atoms with E-state index in [4.69, 9.17) is 4.52 Å². The second kappa shape index (κ2) is 7.20. The minimum absolute atomic E-state index is 0.0482. The first-order valence-corrected chi connectivity index (χ1v) is 8.95. The highest BCUT2D eigenvalue weighted by molar-refractivity contribution is 5.96. The number of hydrogen-bond donors (Lipinski definition) is 1. The molecule has 1 aromatic carbocycles. The Labute approximate surface area is 143 Å². The highest BCUT2D eigenvalue weighted by atomic mass is 16.5. The van der Waals surface area contributed by atoms with E-state index in [9.17, 15) is 4.79 Å². The maximum absolute atomic E-state index is 12.7. The highest BCUT2D eigenvalue weighted by Crippen LogP contribution is 2.39. The number of carbonyl (C=O) groups excluding carboxylic acids is 1. The van der Waals surface area contributed by atoms with Crippen LogP contribution in [0.4, 0.5) is 0 Å². The second-order valence-corrected chi connectivity index (χ2v) is 6.80. The summed E-state index contributed by atoms with van der Waals surface area (Å²) in [4.78, 5) is 12.7. The molecule has 0 unspecified atom stereocenters. The Bertz CT molecular complexity index is 685. The molecule has 128 valence electrons. The lowest BCUT2D eigenvalue weighted by molar-refractivity contribution is 0.0934. The van der Waals surface area contributed by atoms with Gasteiger partial charge in [-0.25, -0.2) is 0 Å². The van der Waals surface area contributed by atoms with Crippen LogP contribution in [0.2, 0.25) is 0 Å². The van der Waals surface area contributed by atoms with Gasteiger partial charge in [0.05, 0.1) is 5.69 Å². The fourth-order valence-electron chi connectivity index (χ4n) is 3.88. The molecule has 1 fully saturated rings. The van der Waals surface area contributed by atoms with Crippen molar-refractivity contribution in [3.8, 4) is 0 Å². The fraction of sp³-hybridized carbons (Fsp3) is 0.500. The lowest BCUT2D eigenvalue weighted by Gasteiger charge is -2.38. The zero-order valence-corrected chi connectivity index (χ0v) is 14.6. The lowest BCUT2D eigenvalue weighted by atomic mass is 9.69. The third-order valence-corrected chi connectivity index (χ3v) is 5.28. The van der Waals surface area contributed by atoms with Crippen molar-refractivity contribution in [2.75, 3.05) is 6.54 Å². The van der Waals surface area contributed by atoms with Crippen molar-refractivity contribution in [2.24, 2.45) is 0 Å². The van der Waals surface area contributed by atoms with Crippen molar-refractivity contribution < 1.29 is 9.32 Å². The maximum atomic E-state index is 12.7. The van der Waals surface area contributed by atoms with Gasteiger partial charge in [0, 0.05) is 12.0 Å². The summed E-state index contributed by atoms with van der Waals surface area (Å²) < 4.78 is 5.20. The van der Waals surface area contributed by atoms with E-state index in [-0.39, 0.29) is 11.3 Å². The molecule has 0 spiro atoms. The first-order valence-electron chi connectivity index (χ1n) is 8.95. The average molecular weight is 326 g/mol. The van der Waals surface area contributed by atoms with Gasteiger partial charge in [-0.05, 0) is 31.7 Å². The molecular formula is C20H26N2O2. The van der Waals surface area contributed by atoms with E-state index in [0.717, 1.165) is 18.5 Å². The van der Waals surface area contributed by atoms with Gasteiger partial charge in [-0.15, -0.1) is 0 Å². The molecule has 2 aromatic rings. The molecule has 0 atom stereocenters. The Morgan fingerprint density at radius 2 is 1.92 bits per heavy atom. The van der Waals surface area contributed by atoms with E-state index in [1.165, 1.54) is 24.8 Å². The molecule has 24 heavy (non-hydrogen) atoms. The van der Waals surface area contributed by atoms with Gasteiger partial charge in [-0.2, -0.15) is 0 Å². The summed E-state index contributed by atoms with van der Waals surface area (Å²) >= 11 is 0. The lowest BCUT2D eigenvalue weighted by Crippen LogP contribution is -2.42. The van der Waals surface area contributed by atoms with Crippen molar-refractivity contribution in [3.63, 3.8) is 0 Å². The SMILES string of the molecule is CCc1noc(C)c1C(=O)NCC1(c2ccccc2)CCCCC1. The van der Waals surface area contributed by atoms with Gasteiger partial charge < -0.3 is 9.84 Å². The predicted molar refractivity (Wildman–Crippen MR) is 94.2 cm³/mol. The number of aromatic nitrogens is 1. The largest absolute Gasteiger partial charge is 0.361 e. The maximum Gasteiger partial charge on any atom is 0.256 e. The van der Waals surface area contributed by atoms with E-state index in [1.807, 2.05) is 13.0 Å². The third kappa shape index (κ3) is 3.23. The number of aryl methyl sites for hydroxylation is 2. The van der Waals surface area contributed by atoms with Crippen molar-refractivity contribution in [3.05, 3.63) is 52.9 Å². The average Bonchev–Trinajstić information content (AvgIpc) is 3.02. The standard InChI is InChI=1S/C20H26N2O2/c1-3-17-18(15(2)24-22-17)19(23)21-14-20(12-8-5-9-13-20)16-10-6-4-7-11-16/h4,6-7,10-11H,3,5,8-9,12-14H2,1-2H3,(H,21,23). The molecule has 1 heterocycles.